The number of hydrogen-bond donors (Lipinski definition) is 3. The van der Waals surface area contributed by atoms with Crippen molar-refractivity contribution in [1.29, 1.82) is 0 Å². The molecule has 1 atom stereocenters. The van der Waals surface area contributed by atoms with Crippen LogP contribution in [0.3, 0.4) is 0 Å². The van der Waals surface area contributed by atoms with Crippen molar-refractivity contribution in [3.63, 3.8) is 0 Å². The van der Waals surface area contributed by atoms with Crippen molar-refractivity contribution in [3.8, 4) is 5.75 Å². The Bertz CT molecular complexity index is 1130. The van der Waals surface area contributed by atoms with Crippen LogP contribution < -0.4 is 15.8 Å². The molecule has 4 N–H and O–H groups in total. The van der Waals surface area contributed by atoms with Gasteiger partial charge in [0.2, 0.25) is 5.91 Å². The summed E-state index contributed by atoms with van der Waals surface area (Å²) < 4.78 is 50.3. The Hall–Kier alpha value is -3.60. The number of furan rings is 1. The number of hydrogen-bond acceptors (Lipinski definition) is 6. The summed E-state index contributed by atoms with van der Waals surface area (Å²) in [4.78, 5) is 27.2. The molecule has 2 heterocycles. The van der Waals surface area contributed by atoms with Gasteiger partial charge in [0, 0.05) is 17.1 Å². The van der Waals surface area contributed by atoms with Gasteiger partial charge in [-0.2, -0.15) is 13.2 Å². The predicted molar refractivity (Wildman–Crippen MR) is 102 cm³/mol. The quantitative estimate of drug-likeness (QED) is 0.521. The Morgan fingerprint density at radius 3 is 2.71 bits per heavy atom. The molecule has 0 fully saturated rings. The van der Waals surface area contributed by atoms with Gasteiger partial charge in [-0.05, 0) is 31.2 Å². The summed E-state index contributed by atoms with van der Waals surface area (Å²) in [6, 6.07) is 5.75. The smallest absolute Gasteiger partial charge is 0.433 e. The van der Waals surface area contributed by atoms with Crippen LogP contribution in [0.2, 0.25) is 0 Å². The lowest BCUT2D eigenvalue weighted by molar-refractivity contribution is -0.142. The minimum atomic E-state index is -4.62. The number of nitrogens with two attached hydrogens (primary N) is 1. The number of pyridine rings is 1. The molecule has 8 nitrogen and oxygen atoms in total. The van der Waals surface area contributed by atoms with Gasteiger partial charge in [-0.3, -0.25) is 14.6 Å². The third-order valence-corrected chi connectivity index (χ3v) is 4.45. The van der Waals surface area contributed by atoms with E-state index in [4.69, 9.17) is 14.9 Å². The average molecular weight is 437 g/mol. The predicted octanol–water partition coefficient (Wildman–Crippen LogP) is 2.31. The summed E-state index contributed by atoms with van der Waals surface area (Å²) in [5.74, 6) is -1.20. The molecule has 31 heavy (non-hydrogen) atoms. The van der Waals surface area contributed by atoms with Crippen LogP contribution in [0.1, 0.15) is 27.4 Å². The number of benzene rings is 1. The van der Waals surface area contributed by atoms with Gasteiger partial charge in [0.15, 0.2) is 5.69 Å². The van der Waals surface area contributed by atoms with Gasteiger partial charge in [-0.1, -0.05) is 6.07 Å². The van der Waals surface area contributed by atoms with E-state index in [1.54, 1.807) is 0 Å². The van der Waals surface area contributed by atoms with Crippen LogP contribution in [-0.2, 0) is 17.6 Å². The number of aliphatic hydroxyl groups excluding tert-OH is 1. The van der Waals surface area contributed by atoms with E-state index in [0.29, 0.717) is 11.0 Å². The van der Waals surface area contributed by atoms with Crippen LogP contribution >= 0.6 is 0 Å². The molecule has 3 rings (SSSR count). The van der Waals surface area contributed by atoms with Crippen molar-refractivity contribution in [2.24, 2.45) is 5.73 Å². The van der Waals surface area contributed by atoms with Gasteiger partial charge in [-0.25, -0.2) is 0 Å². The molecule has 164 valence electrons. The first-order chi connectivity index (χ1) is 14.6. The number of ether oxygens (including phenoxy) is 1. The van der Waals surface area contributed by atoms with Crippen LogP contribution in [0.5, 0.6) is 5.75 Å². The highest BCUT2D eigenvalue weighted by molar-refractivity contribution is 6.08. The first kappa shape index (κ1) is 22.1. The summed E-state index contributed by atoms with van der Waals surface area (Å²) in [5, 5.41) is 11.8. The zero-order valence-electron chi connectivity index (χ0n) is 16.2. The Labute approximate surface area is 173 Å². The van der Waals surface area contributed by atoms with Crippen LogP contribution in [0.25, 0.3) is 11.0 Å². The summed E-state index contributed by atoms with van der Waals surface area (Å²) in [5.41, 5.74) is 4.33. The molecule has 0 spiro atoms. The molecular formula is C20H18F3N3O5. The fourth-order valence-electron chi connectivity index (χ4n) is 2.98. The van der Waals surface area contributed by atoms with E-state index in [1.807, 2.05) is 0 Å². The third-order valence-electron chi connectivity index (χ3n) is 4.45. The van der Waals surface area contributed by atoms with Crippen molar-refractivity contribution >= 4 is 22.8 Å². The highest BCUT2D eigenvalue weighted by Crippen LogP contribution is 2.32. The molecule has 11 heteroatoms. The van der Waals surface area contributed by atoms with Gasteiger partial charge >= 0.3 is 6.18 Å². The molecule has 3 aromatic rings. The number of carbonyl (C=O) groups is 2. The Morgan fingerprint density at radius 2 is 2.06 bits per heavy atom. The molecule has 2 aromatic heterocycles. The topological polar surface area (TPSA) is 128 Å². The molecule has 0 bridgehead atoms. The van der Waals surface area contributed by atoms with Gasteiger partial charge in [0.05, 0.1) is 12.2 Å². The number of fused-ring (bicyclic) bond motifs is 1. The summed E-state index contributed by atoms with van der Waals surface area (Å²) in [6.45, 7) is 0.441. The van der Waals surface area contributed by atoms with E-state index >= 15 is 0 Å². The van der Waals surface area contributed by atoms with Crippen molar-refractivity contribution in [3.05, 3.63) is 59.1 Å². The second-order valence-electron chi connectivity index (χ2n) is 6.60. The fourth-order valence-corrected chi connectivity index (χ4v) is 2.98. The Morgan fingerprint density at radius 1 is 1.32 bits per heavy atom. The maximum Gasteiger partial charge on any atom is 0.433 e. The number of aryl methyl sites for hydroxylation is 1. The number of nitrogens with one attached hydrogen (secondary N) is 1. The largest absolute Gasteiger partial charge is 0.489 e. The molecule has 1 aromatic carbocycles. The van der Waals surface area contributed by atoms with Crippen molar-refractivity contribution < 1.29 is 37.0 Å². The van der Waals surface area contributed by atoms with E-state index in [1.165, 1.54) is 37.3 Å². The van der Waals surface area contributed by atoms with Gasteiger partial charge in [0.1, 0.15) is 29.7 Å². The third kappa shape index (κ3) is 4.77. The highest BCUT2D eigenvalue weighted by atomic mass is 19.4. The number of carbonyl (C=O) groups excluding carboxylic acids is 2. The van der Waals surface area contributed by atoms with E-state index in [2.05, 4.69) is 10.3 Å². The first-order valence-corrected chi connectivity index (χ1v) is 9.00. The van der Waals surface area contributed by atoms with E-state index in [9.17, 15) is 27.9 Å². The normalized spacial score (nSPS) is 12.5. The zero-order valence-corrected chi connectivity index (χ0v) is 16.2. The second-order valence-corrected chi connectivity index (χ2v) is 6.60. The molecule has 1 unspecified atom stereocenters. The van der Waals surface area contributed by atoms with Gasteiger partial charge in [0.25, 0.3) is 5.91 Å². The highest BCUT2D eigenvalue weighted by Gasteiger charge is 2.35. The molecular weight excluding hydrogens is 419 g/mol. The molecule has 0 radical (unpaired) electrons. The second kappa shape index (κ2) is 8.64. The molecule has 2 amide bonds. The Kier molecular flexibility index (Phi) is 6.16. The number of halogens is 3. The van der Waals surface area contributed by atoms with E-state index < -0.39 is 42.9 Å². The Balaban J connectivity index is 1.87. The number of alkyl halides is 3. The van der Waals surface area contributed by atoms with Gasteiger partial charge < -0.3 is 25.3 Å². The number of nitrogens with zero attached hydrogens (tertiary/aromatic N) is 1. The number of aromatic nitrogens is 1. The summed E-state index contributed by atoms with van der Waals surface area (Å²) in [7, 11) is 0. The van der Waals surface area contributed by atoms with Crippen LogP contribution in [0.4, 0.5) is 13.2 Å². The maximum atomic E-state index is 13.1. The lowest BCUT2D eigenvalue weighted by atomic mass is 10.1. The van der Waals surface area contributed by atoms with Crippen molar-refractivity contribution in [2.75, 3.05) is 6.61 Å². The number of amides is 2. The fraction of sp³-hybridized carbons (Fsp3) is 0.250. The van der Waals surface area contributed by atoms with Crippen LogP contribution in [-0.4, -0.2) is 34.6 Å². The zero-order chi connectivity index (χ0) is 22.8. The lowest BCUT2D eigenvalue weighted by Crippen LogP contribution is -2.46. The monoisotopic (exact) mass is 437 g/mol. The SMILES string of the molecule is Cc1oc2ccc(OCc3cccnc3C(F)(F)F)cc2c1C(=O)NC(CO)C(N)=O. The maximum absolute atomic E-state index is 13.1. The van der Waals surface area contributed by atoms with Gasteiger partial charge in [-0.15, -0.1) is 0 Å². The number of aliphatic hydroxyl groups is 1. The minimum Gasteiger partial charge on any atom is -0.489 e. The number of rotatable bonds is 7. The average Bonchev–Trinajstić information content (AvgIpc) is 3.04. The van der Waals surface area contributed by atoms with E-state index in [-0.39, 0.29) is 22.6 Å². The number of primary amides is 1. The van der Waals surface area contributed by atoms with Crippen molar-refractivity contribution in [2.45, 2.75) is 25.7 Å². The van der Waals surface area contributed by atoms with Crippen molar-refractivity contribution in [1.82, 2.24) is 10.3 Å². The summed E-state index contributed by atoms with van der Waals surface area (Å²) in [6.07, 6.45) is -3.58. The first-order valence-electron chi connectivity index (χ1n) is 9.00. The van der Waals surface area contributed by atoms with Crippen LogP contribution in [0, 0.1) is 6.92 Å². The van der Waals surface area contributed by atoms with Crippen LogP contribution in [0.15, 0.2) is 40.9 Å². The molecule has 0 saturated carbocycles. The van der Waals surface area contributed by atoms with E-state index in [0.717, 1.165) is 6.20 Å². The molecule has 0 aliphatic rings. The minimum absolute atomic E-state index is 0.0810. The summed E-state index contributed by atoms with van der Waals surface area (Å²) >= 11 is 0. The standard InChI is InChI=1S/C20H18F3N3O5/c1-10-16(19(29)26-14(8-27)18(24)28)13-7-12(4-5-15(13)31-10)30-9-11-3-2-6-25-17(11)20(21,22)23/h2-7,14,27H,8-9H2,1H3,(H2,24,28)(H,26,29). The molecule has 0 saturated heterocycles. The molecule has 0 aliphatic heterocycles. The molecule has 0 aliphatic carbocycles. The lowest BCUT2D eigenvalue weighted by Gasteiger charge is -2.13.